The molecule has 9 heteroatoms. The van der Waals surface area contributed by atoms with Gasteiger partial charge in [-0.25, -0.2) is 9.78 Å². The van der Waals surface area contributed by atoms with E-state index in [0.29, 0.717) is 31.3 Å². The SMILES string of the molecule is CCn1cnnc1CNC(=O)N1CCC[C@H](C(=O)Nc2ccc(C)cn2)C1. The van der Waals surface area contributed by atoms with Gasteiger partial charge >= 0.3 is 6.03 Å². The van der Waals surface area contributed by atoms with Crippen LogP contribution in [0.2, 0.25) is 0 Å². The van der Waals surface area contributed by atoms with Crippen LogP contribution in [0.25, 0.3) is 0 Å². The number of aryl methyl sites for hydroxylation is 2. The van der Waals surface area contributed by atoms with Crippen LogP contribution in [0.1, 0.15) is 31.2 Å². The van der Waals surface area contributed by atoms with Gasteiger partial charge in [0.25, 0.3) is 0 Å². The number of rotatable bonds is 5. The minimum absolute atomic E-state index is 0.102. The number of carbonyl (C=O) groups is 2. The van der Waals surface area contributed by atoms with E-state index >= 15 is 0 Å². The lowest BCUT2D eigenvalue weighted by molar-refractivity contribution is -0.121. The summed E-state index contributed by atoms with van der Waals surface area (Å²) in [6.45, 7) is 6.03. The first-order valence-corrected chi connectivity index (χ1v) is 9.19. The second-order valence-corrected chi connectivity index (χ2v) is 6.69. The van der Waals surface area contributed by atoms with E-state index in [9.17, 15) is 9.59 Å². The Bertz CT molecular complexity index is 787. The summed E-state index contributed by atoms with van der Waals surface area (Å²) in [4.78, 5) is 30.9. The zero-order chi connectivity index (χ0) is 19.2. The van der Waals surface area contributed by atoms with Gasteiger partial charge in [0.05, 0.1) is 12.5 Å². The summed E-state index contributed by atoms with van der Waals surface area (Å²) in [6.07, 6.45) is 4.90. The molecule has 0 bridgehead atoms. The van der Waals surface area contributed by atoms with Crippen molar-refractivity contribution in [2.45, 2.75) is 39.8 Å². The van der Waals surface area contributed by atoms with Crippen LogP contribution < -0.4 is 10.6 Å². The maximum absolute atomic E-state index is 12.5. The van der Waals surface area contributed by atoms with Crippen LogP contribution in [0.4, 0.5) is 10.6 Å². The van der Waals surface area contributed by atoms with Crippen LogP contribution in [0.15, 0.2) is 24.7 Å². The van der Waals surface area contributed by atoms with Crippen molar-refractivity contribution in [1.82, 2.24) is 30.0 Å². The van der Waals surface area contributed by atoms with Crippen LogP contribution in [-0.2, 0) is 17.9 Å². The second kappa shape index (κ2) is 8.61. The van der Waals surface area contributed by atoms with Gasteiger partial charge < -0.3 is 20.1 Å². The fraction of sp³-hybridized carbons (Fsp3) is 0.500. The lowest BCUT2D eigenvalue weighted by Crippen LogP contribution is -2.47. The number of pyridine rings is 1. The summed E-state index contributed by atoms with van der Waals surface area (Å²) in [7, 11) is 0. The molecular formula is C18H25N7O2. The Morgan fingerprint density at radius 2 is 2.19 bits per heavy atom. The summed E-state index contributed by atoms with van der Waals surface area (Å²) in [5.41, 5.74) is 1.03. The third-order valence-corrected chi connectivity index (χ3v) is 4.68. The number of amides is 3. The molecule has 0 aromatic carbocycles. The number of nitrogens with one attached hydrogen (secondary N) is 2. The van der Waals surface area contributed by atoms with Crippen LogP contribution in [0.3, 0.4) is 0 Å². The molecule has 2 aromatic heterocycles. The predicted octanol–water partition coefficient (Wildman–Crippen LogP) is 1.56. The fourth-order valence-corrected chi connectivity index (χ4v) is 3.09. The highest BCUT2D eigenvalue weighted by molar-refractivity contribution is 5.92. The molecule has 1 aliphatic heterocycles. The van der Waals surface area contributed by atoms with Crippen molar-refractivity contribution in [3.8, 4) is 0 Å². The number of aromatic nitrogens is 4. The molecule has 2 N–H and O–H groups in total. The molecule has 0 unspecified atom stereocenters. The molecule has 27 heavy (non-hydrogen) atoms. The topological polar surface area (TPSA) is 105 Å². The summed E-state index contributed by atoms with van der Waals surface area (Å²) < 4.78 is 1.88. The maximum Gasteiger partial charge on any atom is 0.317 e. The Balaban J connectivity index is 1.52. The summed E-state index contributed by atoms with van der Waals surface area (Å²) in [5.74, 6) is 0.898. The molecule has 1 aliphatic rings. The zero-order valence-electron chi connectivity index (χ0n) is 15.7. The lowest BCUT2D eigenvalue weighted by Gasteiger charge is -2.32. The highest BCUT2D eigenvalue weighted by atomic mass is 16.2. The number of urea groups is 1. The van der Waals surface area contributed by atoms with Crippen molar-refractivity contribution < 1.29 is 9.59 Å². The lowest BCUT2D eigenvalue weighted by atomic mass is 9.97. The van der Waals surface area contributed by atoms with E-state index in [2.05, 4.69) is 25.8 Å². The molecule has 1 saturated heterocycles. The van der Waals surface area contributed by atoms with E-state index in [4.69, 9.17) is 0 Å². The van der Waals surface area contributed by atoms with Gasteiger partial charge in [-0.3, -0.25) is 4.79 Å². The fourth-order valence-electron chi connectivity index (χ4n) is 3.09. The molecule has 0 saturated carbocycles. The smallest absolute Gasteiger partial charge is 0.317 e. The number of carbonyl (C=O) groups excluding carboxylic acids is 2. The van der Waals surface area contributed by atoms with Gasteiger partial charge in [-0.05, 0) is 38.3 Å². The van der Waals surface area contributed by atoms with E-state index < -0.39 is 0 Å². The monoisotopic (exact) mass is 371 g/mol. The van der Waals surface area contributed by atoms with E-state index in [1.54, 1.807) is 23.5 Å². The Hall–Kier alpha value is -2.97. The standard InChI is InChI=1S/C18H25N7O2/c1-3-24-12-21-23-16(24)10-20-18(27)25-8-4-5-14(11-25)17(26)22-15-7-6-13(2)9-19-15/h6-7,9,12,14H,3-5,8,10-11H2,1-2H3,(H,20,27)(H,19,22,26)/t14-/m0/s1. The molecule has 9 nitrogen and oxygen atoms in total. The first kappa shape index (κ1) is 18.8. The molecular weight excluding hydrogens is 346 g/mol. The van der Waals surface area contributed by atoms with Gasteiger partial charge in [-0.2, -0.15) is 0 Å². The quantitative estimate of drug-likeness (QED) is 0.830. The summed E-state index contributed by atoms with van der Waals surface area (Å²) in [6, 6.07) is 3.49. The molecule has 0 radical (unpaired) electrons. The number of hydrogen-bond donors (Lipinski definition) is 2. The number of anilines is 1. The number of piperidine rings is 1. The van der Waals surface area contributed by atoms with Gasteiger partial charge in [-0.15, -0.1) is 10.2 Å². The molecule has 0 aliphatic carbocycles. The Labute approximate surface area is 158 Å². The largest absolute Gasteiger partial charge is 0.331 e. The molecule has 3 heterocycles. The third-order valence-electron chi connectivity index (χ3n) is 4.68. The van der Waals surface area contributed by atoms with Gasteiger partial charge in [0.15, 0.2) is 5.82 Å². The van der Waals surface area contributed by atoms with Gasteiger partial charge in [0, 0.05) is 25.8 Å². The molecule has 1 fully saturated rings. The van der Waals surface area contributed by atoms with E-state index in [1.807, 2.05) is 24.5 Å². The third kappa shape index (κ3) is 4.81. The minimum Gasteiger partial charge on any atom is -0.331 e. The van der Waals surface area contributed by atoms with Crippen molar-refractivity contribution in [3.63, 3.8) is 0 Å². The zero-order valence-corrected chi connectivity index (χ0v) is 15.7. The van der Waals surface area contributed by atoms with Gasteiger partial charge in [0.1, 0.15) is 12.1 Å². The highest BCUT2D eigenvalue weighted by Crippen LogP contribution is 2.18. The molecule has 2 aromatic rings. The van der Waals surface area contributed by atoms with Gasteiger partial charge in [0.2, 0.25) is 5.91 Å². The Morgan fingerprint density at radius 1 is 1.33 bits per heavy atom. The second-order valence-electron chi connectivity index (χ2n) is 6.69. The molecule has 3 amide bonds. The van der Waals surface area contributed by atoms with Crippen molar-refractivity contribution in [2.24, 2.45) is 5.92 Å². The van der Waals surface area contributed by atoms with Crippen LogP contribution in [-0.4, -0.2) is 49.7 Å². The first-order chi connectivity index (χ1) is 13.1. The van der Waals surface area contributed by atoms with E-state index in [0.717, 1.165) is 24.9 Å². The predicted molar refractivity (Wildman–Crippen MR) is 99.8 cm³/mol. The Kier molecular flexibility index (Phi) is 6.00. The van der Waals surface area contributed by atoms with Crippen LogP contribution in [0.5, 0.6) is 0 Å². The van der Waals surface area contributed by atoms with Crippen LogP contribution >= 0.6 is 0 Å². The minimum atomic E-state index is -0.244. The molecule has 1 atom stereocenters. The van der Waals surface area contributed by atoms with Crippen molar-refractivity contribution in [2.75, 3.05) is 18.4 Å². The van der Waals surface area contributed by atoms with Crippen molar-refractivity contribution >= 4 is 17.8 Å². The first-order valence-electron chi connectivity index (χ1n) is 9.19. The maximum atomic E-state index is 12.5. The number of hydrogen-bond acceptors (Lipinski definition) is 5. The molecule has 144 valence electrons. The highest BCUT2D eigenvalue weighted by Gasteiger charge is 2.28. The summed E-state index contributed by atoms with van der Waals surface area (Å²) in [5, 5.41) is 13.6. The number of nitrogens with zero attached hydrogens (tertiary/aromatic N) is 5. The van der Waals surface area contributed by atoms with Crippen molar-refractivity contribution in [3.05, 3.63) is 36.0 Å². The van der Waals surface area contributed by atoms with E-state index in [1.165, 1.54) is 0 Å². The summed E-state index contributed by atoms with van der Waals surface area (Å²) >= 11 is 0. The normalized spacial score (nSPS) is 16.8. The van der Waals surface area contributed by atoms with Crippen LogP contribution in [0, 0.1) is 12.8 Å². The average molecular weight is 371 g/mol. The molecule has 0 spiro atoms. The average Bonchev–Trinajstić information content (AvgIpc) is 3.15. The number of likely N-dealkylation sites (tertiary alicyclic amines) is 1. The molecule has 3 rings (SSSR count). The van der Waals surface area contributed by atoms with Crippen molar-refractivity contribution in [1.29, 1.82) is 0 Å². The van der Waals surface area contributed by atoms with Gasteiger partial charge in [-0.1, -0.05) is 6.07 Å². The Morgan fingerprint density at radius 3 is 2.93 bits per heavy atom. The van der Waals surface area contributed by atoms with E-state index in [-0.39, 0.29) is 17.9 Å².